The summed E-state index contributed by atoms with van der Waals surface area (Å²) in [5, 5.41) is 76.4. The molecule has 0 aromatic heterocycles. The van der Waals surface area contributed by atoms with Crippen LogP contribution in [0.5, 0.6) is 23.0 Å². The Bertz CT molecular complexity index is 1810. The lowest BCUT2D eigenvalue weighted by Crippen LogP contribution is -2.83. The van der Waals surface area contributed by atoms with Gasteiger partial charge >= 0.3 is 17.9 Å². The highest BCUT2D eigenvalue weighted by Gasteiger charge is 2.75. The summed E-state index contributed by atoms with van der Waals surface area (Å²) in [6.07, 6.45) is -0.115. The van der Waals surface area contributed by atoms with E-state index in [0.29, 0.717) is 5.56 Å². The number of ether oxygens (including phenoxy) is 3. The van der Waals surface area contributed by atoms with Crippen LogP contribution in [0, 0.1) is 5.92 Å². The topological polar surface area (TPSA) is 233 Å². The Morgan fingerprint density at radius 1 is 0.860 bits per heavy atom. The summed E-state index contributed by atoms with van der Waals surface area (Å²) in [5.41, 5.74) is -6.10. The second-order valence-corrected chi connectivity index (χ2v) is 12.2. The van der Waals surface area contributed by atoms with Crippen LogP contribution in [0.2, 0.25) is 0 Å². The minimum absolute atomic E-state index is 0.159. The Morgan fingerprint density at radius 3 is 1.98 bits per heavy atom. The first-order valence-electron chi connectivity index (χ1n) is 15.6. The maximum absolute atomic E-state index is 13.7. The molecule has 6 atom stereocenters. The van der Waals surface area contributed by atoms with Crippen LogP contribution in [0.1, 0.15) is 29.5 Å². The Labute approximate surface area is 286 Å². The van der Waals surface area contributed by atoms with E-state index < -0.39 is 76.6 Å². The highest BCUT2D eigenvalue weighted by atomic mass is 16.6. The smallest absolute Gasteiger partial charge is 0.336 e. The third kappa shape index (κ3) is 6.87. The number of carbonyl (C=O) groups is 3. The van der Waals surface area contributed by atoms with Gasteiger partial charge in [-0.05, 0) is 66.6 Å². The first-order valence-corrected chi connectivity index (χ1v) is 15.6. The standard InChI is InChI=1S/C36H37NO13/c1-37-35(47)15-16-48-29-20-34(46,33(44)45)24(17-21-5-3-2-4-6-21)32(49-30(42)13-9-22-7-11-25(38)27(40)18-22)36(29,35)50-31(43)14-10-23-8-12-26(39)28(41)19-23/h2-14,18-19,24,29,32,37-41,46-47H,15-17,20H2,1H3,(H,44,45). The van der Waals surface area contributed by atoms with Gasteiger partial charge in [0.1, 0.15) is 6.10 Å². The van der Waals surface area contributed by atoms with E-state index in [2.05, 4.69) is 5.32 Å². The van der Waals surface area contributed by atoms with Gasteiger partial charge in [-0.3, -0.25) is 5.32 Å². The number of aromatic hydroxyl groups is 4. The Morgan fingerprint density at radius 2 is 1.44 bits per heavy atom. The average Bonchev–Trinajstić information content (AvgIpc) is 3.08. The molecule has 8 N–H and O–H groups in total. The molecule has 1 saturated carbocycles. The van der Waals surface area contributed by atoms with Crippen LogP contribution in [0.15, 0.2) is 78.9 Å². The van der Waals surface area contributed by atoms with Crippen molar-refractivity contribution in [2.75, 3.05) is 13.7 Å². The molecule has 0 radical (unpaired) electrons. The molecule has 2 fully saturated rings. The average molecular weight is 692 g/mol. The van der Waals surface area contributed by atoms with Gasteiger partial charge in [0.2, 0.25) is 5.60 Å². The predicted octanol–water partition coefficient (Wildman–Crippen LogP) is 2.20. The fourth-order valence-electron chi connectivity index (χ4n) is 6.62. The molecule has 50 heavy (non-hydrogen) atoms. The number of aliphatic hydroxyl groups is 2. The molecular formula is C36H37NO13. The molecule has 0 spiro atoms. The van der Waals surface area contributed by atoms with Crippen molar-refractivity contribution in [2.45, 2.75) is 48.4 Å². The molecule has 1 aliphatic carbocycles. The number of carboxylic acids is 1. The summed E-state index contributed by atoms with van der Waals surface area (Å²) in [7, 11) is 1.37. The molecule has 3 aromatic rings. The molecule has 2 aliphatic rings. The lowest BCUT2D eigenvalue weighted by molar-refractivity contribution is -0.339. The highest BCUT2D eigenvalue weighted by molar-refractivity contribution is 5.89. The van der Waals surface area contributed by atoms with Crippen molar-refractivity contribution in [3.8, 4) is 23.0 Å². The summed E-state index contributed by atoms with van der Waals surface area (Å²) in [6, 6.07) is 16.0. The number of rotatable bonds is 10. The maximum atomic E-state index is 13.7. The van der Waals surface area contributed by atoms with Crippen LogP contribution >= 0.6 is 0 Å². The quantitative estimate of drug-likeness (QED) is 0.0660. The minimum atomic E-state index is -2.63. The minimum Gasteiger partial charge on any atom is -0.504 e. The number of carboxylic acid groups (broad SMARTS) is 1. The predicted molar refractivity (Wildman–Crippen MR) is 176 cm³/mol. The summed E-state index contributed by atoms with van der Waals surface area (Å²) >= 11 is 0. The summed E-state index contributed by atoms with van der Waals surface area (Å²) in [6.45, 7) is -0.159. The molecule has 0 bridgehead atoms. The fraction of sp³-hybridized carbons (Fsp3) is 0.306. The number of likely N-dealkylation sites (N-methyl/N-ethyl adjacent to an activating group) is 1. The van der Waals surface area contributed by atoms with Crippen molar-refractivity contribution in [2.24, 2.45) is 5.92 Å². The Kier molecular flexibility index (Phi) is 10.2. The van der Waals surface area contributed by atoms with Crippen molar-refractivity contribution in [3.63, 3.8) is 0 Å². The second-order valence-electron chi connectivity index (χ2n) is 12.2. The van der Waals surface area contributed by atoms with Crippen molar-refractivity contribution >= 4 is 30.1 Å². The first kappa shape index (κ1) is 35.9. The van der Waals surface area contributed by atoms with Gasteiger partial charge in [0.05, 0.1) is 6.61 Å². The zero-order valence-electron chi connectivity index (χ0n) is 26.8. The second kappa shape index (κ2) is 14.2. The number of phenolic OH excluding ortho intramolecular Hbond substituents is 4. The van der Waals surface area contributed by atoms with Gasteiger partial charge in [-0.2, -0.15) is 0 Å². The van der Waals surface area contributed by atoms with Gasteiger partial charge in [0.15, 0.2) is 40.4 Å². The van der Waals surface area contributed by atoms with E-state index in [1.807, 2.05) is 0 Å². The van der Waals surface area contributed by atoms with Gasteiger partial charge in [-0.25, -0.2) is 14.4 Å². The number of hydrogen-bond acceptors (Lipinski definition) is 13. The van der Waals surface area contributed by atoms with Crippen LogP contribution in [-0.4, -0.2) is 96.4 Å². The number of esters is 2. The van der Waals surface area contributed by atoms with Crippen molar-refractivity contribution in [3.05, 3.63) is 95.6 Å². The van der Waals surface area contributed by atoms with Gasteiger partial charge in [0, 0.05) is 30.9 Å². The Balaban J connectivity index is 1.64. The van der Waals surface area contributed by atoms with Crippen molar-refractivity contribution in [1.29, 1.82) is 0 Å². The van der Waals surface area contributed by atoms with Crippen molar-refractivity contribution in [1.82, 2.24) is 5.32 Å². The fourth-order valence-corrected chi connectivity index (χ4v) is 6.62. The van der Waals surface area contributed by atoms with E-state index in [1.54, 1.807) is 30.3 Å². The zero-order valence-corrected chi connectivity index (χ0v) is 26.8. The van der Waals surface area contributed by atoms with Crippen LogP contribution < -0.4 is 5.32 Å². The molecule has 1 aliphatic heterocycles. The van der Waals surface area contributed by atoms with Gasteiger partial charge in [0.25, 0.3) is 0 Å². The van der Waals surface area contributed by atoms with Crippen LogP contribution in [0.4, 0.5) is 0 Å². The number of carbonyl (C=O) groups excluding carboxylic acids is 2. The number of aliphatic carboxylic acids is 1. The van der Waals surface area contributed by atoms with E-state index in [1.165, 1.54) is 55.6 Å². The van der Waals surface area contributed by atoms with Gasteiger partial charge in [-0.1, -0.05) is 42.5 Å². The molecule has 264 valence electrons. The van der Waals surface area contributed by atoms with Gasteiger partial charge < -0.3 is 50.0 Å². The summed E-state index contributed by atoms with van der Waals surface area (Å²) in [4.78, 5) is 40.1. The van der Waals surface area contributed by atoms with Crippen LogP contribution in [0.25, 0.3) is 12.2 Å². The molecule has 3 aromatic carbocycles. The molecule has 14 nitrogen and oxygen atoms in total. The third-order valence-corrected chi connectivity index (χ3v) is 9.22. The van der Waals surface area contributed by atoms with Crippen molar-refractivity contribution < 1.29 is 64.3 Å². The van der Waals surface area contributed by atoms with E-state index in [0.717, 1.165) is 12.2 Å². The summed E-state index contributed by atoms with van der Waals surface area (Å²) in [5.74, 6) is -7.06. The number of nitrogens with one attached hydrogen (secondary N) is 1. The molecule has 1 saturated heterocycles. The third-order valence-electron chi connectivity index (χ3n) is 9.22. The summed E-state index contributed by atoms with van der Waals surface area (Å²) < 4.78 is 18.0. The van der Waals surface area contributed by atoms with Crippen LogP contribution in [0.3, 0.4) is 0 Å². The molecule has 6 unspecified atom stereocenters. The number of phenols is 4. The molecule has 0 amide bonds. The molecular weight excluding hydrogens is 654 g/mol. The van der Waals surface area contributed by atoms with E-state index in [9.17, 15) is 50.1 Å². The SMILES string of the molecule is CNC1(O)CCOC2CC(O)(C(=O)O)C(Cc3ccccc3)C(OC(=O)C=Cc3ccc(O)c(O)c3)C21OC(=O)C=Cc1ccc(O)c(O)c1. The van der Waals surface area contributed by atoms with Crippen LogP contribution in [-0.2, 0) is 35.0 Å². The van der Waals surface area contributed by atoms with E-state index >= 15 is 0 Å². The van der Waals surface area contributed by atoms with E-state index in [4.69, 9.17) is 14.2 Å². The molecule has 5 rings (SSSR count). The van der Waals surface area contributed by atoms with E-state index in [-0.39, 0.29) is 36.3 Å². The Hall–Kier alpha value is -5.41. The largest absolute Gasteiger partial charge is 0.504 e. The highest BCUT2D eigenvalue weighted by Crippen LogP contribution is 2.53. The number of benzene rings is 3. The normalized spacial score (nSPS) is 27.9. The zero-order chi connectivity index (χ0) is 36.3. The lowest BCUT2D eigenvalue weighted by atomic mass is 9.58. The first-order chi connectivity index (χ1) is 23.7. The molecule has 14 heteroatoms. The maximum Gasteiger partial charge on any atom is 0.336 e. The lowest BCUT2D eigenvalue weighted by Gasteiger charge is -2.61. The molecule has 1 heterocycles. The number of hydrogen-bond donors (Lipinski definition) is 8. The number of fused-ring (bicyclic) bond motifs is 1. The monoisotopic (exact) mass is 691 g/mol. The van der Waals surface area contributed by atoms with Gasteiger partial charge in [-0.15, -0.1) is 0 Å².